The van der Waals surface area contributed by atoms with Crippen molar-refractivity contribution in [2.24, 2.45) is 0 Å². The first-order valence-electron chi connectivity index (χ1n) is 4.92. The number of hydrogen-bond acceptors (Lipinski definition) is 4. The summed E-state index contributed by atoms with van der Waals surface area (Å²) in [5.41, 5.74) is 0. The third-order valence-corrected chi connectivity index (χ3v) is 2.88. The minimum Gasteiger partial charge on any atom is -0.334 e. The number of hydrogen-bond donors (Lipinski definition) is 1. The van der Waals surface area contributed by atoms with E-state index in [4.69, 9.17) is 0 Å². The molecule has 0 fully saturated rings. The van der Waals surface area contributed by atoms with Gasteiger partial charge < -0.3 is 9.88 Å². The van der Waals surface area contributed by atoms with Crippen LogP contribution in [0.1, 0.15) is 19.4 Å². The summed E-state index contributed by atoms with van der Waals surface area (Å²) in [6.45, 7) is 1.98. The normalized spacial score (nSPS) is 12.3. The Hall–Kier alpha value is -1.69. The fourth-order valence-electron chi connectivity index (χ4n) is 1.36. The van der Waals surface area contributed by atoms with Crippen LogP contribution < -0.4 is 5.32 Å². The molecule has 1 N–H and O–H groups in total. The van der Waals surface area contributed by atoms with Gasteiger partial charge in [-0.15, -0.1) is 11.3 Å². The van der Waals surface area contributed by atoms with Gasteiger partial charge in [0.2, 0.25) is 5.91 Å². The molecule has 0 radical (unpaired) electrons. The number of amides is 1. The van der Waals surface area contributed by atoms with E-state index >= 15 is 0 Å². The van der Waals surface area contributed by atoms with Gasteiger partial charge in [-0.25, -0.2) is 9.97 Å². The molecule has 0 aliphatic carbocycles. The summed E-state index contributed by atoms with van der Waals surface area (Å²) in [6, 6.07) is 0.0995. The van der Waals surface area contributed by atoms with Crippen LogP contribution in [0.15, 0.2) is 30.3 Å². The second-order valence-corrected chi connectivity index (χ2v) is 4.34. The molecular formula is C10H12N4OS. The zero-order chi connectivity index (χ0) is 11.4. The summed E-state index contributed by atoms with van der Waals surface area (Å²) >= 11 is 1.41. The van der Waals surface area contributed by atoms with Gasteiger partial charge in [0, 0.05) is 36.4 Å². The number of aromatic nitrogens is 3. The molecule has 1 unspecified atom stereocenters. The van der Waals surface area contributed by atoms with Crippen LogP contribution in [-0.2, 0) is 4.79 Å². The highest BCUT2D eigenvalue weighted by Gasteiger charge is 2.11. The maximum atomic E-state index is 11.6. The maximum Gasteiger partial charge on any atom is 0.228 e. The second kappa shape index (κ2) is 4.89. The van der Waals surface area contributed by atoms with E-state index in [9.17, 15) is 4.79 Å². The van der Waals surface area contributed by atoms with Gasteiger partial charge in [0.25, 0.3) is 0 Å². The van der Waals surface area contributed by atoms with Crippen molar-refractivity contribution in [1.29, 1.82) is 0 Å². The van der Waals surface area contributed by atoms with Crippen LogP contribution in [0.4, 0.5) is 5.13 Å². The molecule has 2 aromatic heterocycles. The largest absolute Gasteiger partial charge is 0.334 e. The molecule has 0 spiro atoms. The van der Waals surface area contributed by atoms with E-state index in [1.165, 1.54) is 11.3 Å². The topological polar surface area (TPSA) is 59.8 Å². The Balaban J connectivity index is 1.88. The first-order valence-corrected chi connectivity index (χ1v) is 5.80. The number of rotatable bonds is 4. The highest BCUT2D eigenvalue weighted by molar-refractivity contribution is 7.13. The number of anilines is 1. The third-order valence-electron chi connectivity index (χ3n) is 2.19. The lowest BCUT2D eigenvalue weighted by molar-refractivity contribution is -0.116. The molecule has 2 rings (SSSR count). The van der Waals surface area contributed by atoms with Crippen LogP contribution in [0.5, 0.6) is 0 Å². The van der Waals surface area contributed by atoms with Gasteiger partial charge in [0.05, 0.1) is 6.33 Å². The quantitative estimate of drug-likeness (QED) is 0.882. The molecule has 0 aromatic carbocycles. The molecule has 0 aliphatic rings. The molecule has 2 heterocycles. The third kappa shape index (κ3) is 2.66. The van der Waals surface area contributed by atoms with Gasteiger partial charge in [-0.3, -0.25) is 4.79 Å². The molecule has 1 atom stereocenters. The fraction of sp³-hybridized carbons (Fsp3) is 0.300. The fourth-order valence-corrected chi connectivity index (χ4v) is 1.90. The number of imidazole rings is 1. The number of nitrogens with one attached hydrogen (secondary N) is 1. The Labute approximate surface area is 97.2 Å². The van der Waals surface area contributed by atoms with E-state index in [0.717, 1.165) is 0 Å². The van der Waals surface area contributed by atoms with Gasteiger partial charge in [-0.05, 0) is 6.92 Å². The number of carbonyl (C=O) groups excluding carboxylic acids is 1. The first kappa shape index (κ1) is 10.8. The van der Waals surface area contributed by atoms with Gasteiger partial charge in [0.1, 0.15) is 0 Å². The molecule has 5 nitrogen and oxygen atoms in total. The van der Waals surface area contributed by atoms with Crippen LogP contribution in [0.2, 0.25) is 0 Å². The summed E-state index contributed by atoms with van der Waals surface area (Å²) in [5.74, 6) is -0.0313. The molecular weight excluding hydrogens is 224 g/mol. The van der Waals surface area contributed by atoms with Gasteiger partial charge in [-0.2, -0.15) is 0 Å². The monoisotopic (exact) mass is 236 g/mol. The molecule has 6 heteroatoms. The summed E-state index contributed by atoms with van der Waals surface area (Å²) in [5, 5.41) is 5.22. The van der Waals surface area contributed by atoms with Crippen LogP contribution in [-0.4, -0.2) is 20.4 Å². The van der Waals surface area contributed by atoms with E-state index in [0.29, 0.717) is 11.6 Å². The second-order valence-electron chi connectivity index (χ2n) is 3.45. The van der Waals surface area contributed by atoms with E-state index in [2.05, 4.69) is 15.3 Å². The molecule has 84 valence electrons. The molecule has 2 aromatic rings. The Morgan fingerprint density at radius 1 is 1.62 bits per heavy atom. The molecule has 0 saturated carbocycles. The zero-order valence-corrected chi connectivity index (χ0v) is 9.65. The summed E-state index contributed by atoms with van der Waals surface area (Å²) in [7, 11) is 0. The van der Waals surface area contributed by atoms with E-state index < -0.39 is 0 Å². The van der Waals surface area contributed by atoms with Crippen molar-refractivity contribution in [3.8, 4) is 0 Å². The van der Waals surface area contributed by atoms with Crippen LogP contribution in [0, 0.1) is 0 Å². The lowest BCUT2D eigenvalue weighted by atomic mass is 10.2. The average Bonchev–Trinajstić information content (AvgIpc) is 2.88. The molecule has 0 saturated heterocycles. The van der Waals surface area contributed by atoms with Crippen molar-refractivity contribution in [3.63, 3.8) is 0 Å². The average molecular weight is 236 g/mol. The lowest BCUT2D eigenvalue weighted by Gasteiger charge is -2.11. The van der Waals surface area contributed by atoms with Crippen molar-refractivity contribution >= 4 is 22.4 Å². The molecule has 16 heavy (non-hydrogen) atoms. The van der Waals surface area contributed by atoms with Gasteiger partial charge in [0.15, 0.2) is 5.13 Å². The number of thiazole rings is 1. The SMILES string of the molecule is CC(CC(=O)Nc1nccs1)n1ccnc1. The van der Waals surface area contributed by atoms with E-state index in [1.54, 1.807) is 18.7 Å². The molecule has 1 amide bonds. The van der Waals surface area contributed by atoms with E-state index in [-0.39, 0.29) is 11.9 Å². The Morgan fingerprint density at radius 3 is 3.12 bits per heavy atom. The first-order chi connectivity index (χ1) is 7.75. The van der Waals surface area contributed by atoms with Crippen LogP contribution in [0.25, 0.3) is 0 Å². The lowest BCUT2D eigenvalue weighted by Crippen LogP contribution is -2.16. The van der Waals surface area contributed by atoms with Crippen molar-refractivity contribution in [3.05, 3.63) is 30.3 Å². The molecule has 0 aliphatic heterocycles. The van der Waals surface area contributed by atoms with Crippen molar-refractivity contribution < 1.29 is 4.79 Å². The zero-order valence-electron chi connectivity index (χ0n) is 8.83. The Bertz CT molecular complexity index is 437. The van der Waals surface area contributed by atoms with Crippen molar-refractivity contribution in [2.75, 3.05) is 5.32 Å². The van der Waals surface area contributed by atoms with Crippen molar-refractivity contribution in [2.45, 2.75) is 19.4 Å². The Morgan fingerprint density at radius 2 is 2.50 bits per heavy atom. The predicted octanol–water partition coefficient (Wildman–Crippen LogP) is 1.93. The van der Waals surface area contributed by atoms with Crippen LogP contribution >= 0.6 is 11.3 Å². The smallest absolute Gasteiger partial charge is 0.228 e. The molecule has 0 bridgehead atoms. The minimum absolute atomic E-state index is 0.0313. The van der Waals surface area contributed by atoms with Crippen LogP contribution in [0.3, 0.4) is 0 Å². The van der Waals surface area contributed by atoms with Gasteiger partial charge in [-0.1, -0.05) is 0 Å². The highest BCUT2D eigenvalue weighted by Crippen LogP contribution is 2.14. The van der Waals surface area contributed by atoms with E-state index in [1.807, 2.05) is 23.1 Å². The van der Waals surface area contributed by atoms with Crippen molar-refractivity contribution in [1.82, 2.24) is 14.5 Å². The summed E-state index contributed by atoms with van der Waals surface area (Å²) in [4.78, 5) is 19.6. The number of nitrogens with zero attached hydrogens (tertiary/aromatic N) is 3. The summed E-state index contributed by atoms with van der Waals surface area (Å²) < 4.78 is 1.90. The minimum atomic E-state index is -0.0313. The Kier molecular flexibility index (Phi) is 3.31. The predicted molar refractivity (Wildman–Crippen MR) is 62.3 cm³/mol. The van der Waals surface area contributed by atoms with Gasteiger partial charge >= 0.3 is 0 Å². The highest BCUT2D eigenvalue weighted by atomic mass is 32.1. The maximum absolute atomic E-state index is 11.6. The number of carbonyl (C=O) groups is 1. The standard InChI is InChI=1S/C10H12N4OS/c1-8(14-4-2-11-7-14)6-9(15)13-10-12-3-5-16-10/h2-5,7-8H,6H2,1H3,(H,12,13,15). The summed E-state index contributed by atoms with van der Waals surface area (Å²) in [6.07, 6.45) is 7.34.